The number of anilines is 1. The van der Waals surface area contributed by atoms with Crippen LogP contribution in [0.15, 0.2) is 46.9 Å². The molecule has 2 heterocycles. The van der Waals surface area contributed by atoms with Gasteiger partial charge < -0.3 is 15.4 Å². The Morgan fingerprint density at radius 3 is 2.77 bits per heavy atom. The van der Waals surface area contributed by atoms with E-state index < -0.39 is 0 Å². The number of amides is 2. The molecule has 2 amide bonds. The van der Waals surface area contributed by atoms with Crippen molar-refractivity contribution in [2.75, 3.05) is 31.9 Å². The predicted octanol–water partition coefficient (Wildman–Crippen LogP) is 3.74. The molecule has 0 atom stereocenters. The van der Waals surface area contributed by atoms with Crippen LogP contribution in [-0.2, 0) is 14.4 Å². The van der Waals surface area contributed by atoms with Crippen molar-refractivity contribution < 1.29 is 19.2 Å². The first-order valence-corrected chi connectivity index (χ1v) is 12.2. The number of ether oxygens (including phenoxy) is 1. The van der Waals surface area contributed by atoms with E-state index in [-0.39, 0.29) is 11.8 Å². The van der Waals surface area contributed by atoms with Gasteiger partial charge in [-0.3, -0.25) is 14.4 Å². The largest absolute Gasteiger partial charge is 0.494 e. The molecular weight excluding hydrogens is 470 g/mol. The number of hydroxylamine groups is 1. The number of aromatic nitrogens is 2. The molecule has 2 aromatic rings. The van der Waals surface area contributed by atoms with E-state index in [9.17, 15) is 9.59 Å². The van der Waals surface area contributed by atoms with E-state index in [0.717, 1.165) is 40.0 Å². The molecule has 1 aliphatic heterocycles. The van der Waals surface area contributed by atoms with Crippen molar-refractivity contribution in [3.63, 3.8) is 0 Å². The second-order valence-electron chi connectivity index (χ2n) is 8.47. The molecule has 9 nitrogen and oxygen atoms in total. The summed E-state index contributed by atoms with van der Waals surface area (Å²) in [6.07, 6.45) is 7.28. The van der Waals surface area contributed by atoms with Gasteiger partial charge in [0.1, 0.15) is 12.1 Å². The van der Waals surface area contributed by atoms with Crippen molar-refractivity contribution in [2.45, 2.75) is 44.9 Å². The summed E-state index contributed by atoms with van der Waals surface area (Å²) in [5.41, 5.74) is 2.56. The van der Waals surface area contributed by atoms with Gasteiger partial charge in [0, 0.05) is 49.2 Å². The van der Waals surface area contributed by atoms with Crippen molar-refractivity contribution in [3.8, 4) is 5.75 Å². The first-order valence-electron chi connectivity index (χ1n) is 11.9. The molecule has 4 rings (SSSR count). The second kappa shape index (κ2) is 12.0. The van der Waals surface area contributed by atoms with Crippen molar-refractivity contribution in [2.24, 2.45) is 0 Å². The molecule has 0 radical (unpaired) electrons. The molecule has 0 fully saturated rings. The Hall–Kier alpha value is -3.17. The highest BCUT2D eigenvalue weighted by Crippen LogP contribution is 2.35. The average Bonchev–Trinajstić information content (AvgIpc) is 2.86. The SMILES string of the molecule is CON1C2=C(CNC(=O)CCCNC(=O)CCCCOc3ccc4ncnc1c4c3)CC(Cl)=CC2. The molecule has 186 valence electrons. The number of fused-ring (bicyclic) bond motifs is 1. The molecule has 2 N–H and O–H groups in total. The van der Waals surface area contributed by atoms with Gasteiger partial charge in [0.2, 0.25) is 11.8 Å². The lowest BCUT2D eigenvalue weighted by atomic mass is 10.0. The predicted molar refractivity (Wildman–Crippen MR) is 134 cm³/mol. The topological polar surface area (TPSA) is 106 Å². The average molecular weight is 500 g/mol. The highest BCUT2D eigenvalue weighted by atomic mass is 35.5. The van der Waals surface area contributed by atoms with Crippen molar-refractivity contribution in [3.05, 3.63) is 46.9 Å². The number of allylic oxidation sites excluding steroid dienone is 2. The molecule has 1 aromatic carbocycles. The molecule has 1 aromatic heterocycles. The first kappa shape index (κ1) is 24.9. The Morgan fingerprint density at radius 2 is 1.91 bits per heavy atom. The third kappa shape index (κ3) is 6.49. The first-order chi connectivity index (χ1) is 17.0. The maximum atomic E-state index is 12.4. The van der Waals surface area contributed by atoms with Crippen LogP contribution < -0.4 is 20.4 Å². The third-order valence-corrected chi connectivity index (χ3v) is 6.27. The summed E-state index contributed by atoms with van der Waals surface area (Å²) in [5.74, 6) is 1.19. The molecule has 1 aliphatic carbocycles. The van der Waals surface area contributed by atoms with E-state index in [2.05, 4.69) is 20.6 Å². The van der Waals surface area contributed by atoms with Gasteiger partial charge in [-0.25, -0.2) is 15.0 Å². The van der Waals surface area contributed by atoms with Crippen LogP contribution in [0.25, 0.3) is 10.9 Å². The van der Waals surface area contributed by atoms with E-state index in [1.807, 2.05) is 24.3 Å². The minimum Gasteiger partial charge on any atom is -0.494 e. The fourth-order valence-corrected chi connectivity index (χ4v) is 4.39. The summed E-state index contributed by atoms with van der Waals surface area (Å²) in [7, 11) is 1.59. The fourth-order valence-electron chi connectivity index (χ4n) is 4.16. The van der Waals surface area contributed by atoms with Gasteiger partial charge in [-0.1, -0.05) is 17.7 Å². The lowest BCUT2D eigenvalue weighted by Crippen LogP contribution is -2.31. The summed E-state index contributed by atoms with van der Waals surface area (Å²) in [4.78, 5) is 39.2. The molecule has 35 heavy (non-hydrogen) atoms. The number of halogens is 1. The second-order valence-corrected chi connectivity index (χ2v) is 8.96. The summed E-state index contributed by atoms with van der Waals surface area (Å²) in [6, 6.07) is 5.66. The maximum Gasteiger partial charge on any atom is 0.220 e. The van der Waals surface area contributed by atoms with E-state index in [0.29, 0.717) is 63.4 Å². The van der Waals surface area contributed by atoms with E-state index >= 15 is 0 Å². The lowest BCUT2D eigenvalue weighted by molar-refractivity contribution is -0.122. The number of hydrogen-bond donors (Lipinski definition) is 2. The van der Waals surface area contributed by atoms with Crippen LogP contribution in [0.4, 0.5) is 5.82 Å². The van der Waals surface area contributed by atoms with Crippen molar-refractivity contribution in [1.29, 1.82) is 0 Å². The zero-order valence-electron chi connectivity index (χ0n) is 19.8. The minimum atomic E-state index is -0.0792. The zero-order chi connectivity index (χ0) is 24.6. The molecule has 0 saturated carbocycles. The van der Waals surface area contributed by atoms with E-state index in [1.165, 1.54) is 6.33 Å². The zero-order valence-corrected chi connectivity index (χ0v) is 20.6. The van der Waals surface area contributed by atoms with Crippen LogP contribution in [0.5, 0.6) is 5.75 Å². The van der Waals surface area contributed by atoms with Crippen LogP contribution in [-0.4, -0.2) is 48.6 Å². The number of nitrogens with zero attached hydrogens (tertiary/aromatic N) is 3. The molecule has 2 bridgehead atoms. The summed E-state index contributed by atoms with van der Waals surface area (Å²) in [5, 5.41) is 9.03. The number of benzene rings is 1. The van der Waals surface area contributed by atoms with Crippen LogP contribution >= 0.6 is 11.6 Å². The fraction of sp³-hybridized carbons (Fsp3) is 0.440. The molecule has 0 unspecified atom stereocenters. The number of carbonyl (C=O) groups excluding carboxylic acids is 2. The molecule has 2 aliphatic rings. The molecule has 10 heteroatoms. The van der Waals surface area contributed by atoms with Gasteiger partial charge in [-0.2, -0.15) is 0 Å². The van der Waals surface area contributed by atoms with Gasteiger partial charge in [0.15, 0.2) is 5.82 Å². The number of hydrogen-bond acceptors (Lipinski definition) is 7. The van der Waals surface area contributed by atoms with Gasteiger partial charge in [-0.15, -0.1) is 0 Å². The summed E-state index contributed by atoms with van der Waals surface area (Å²) >= 11 is 6.36. The molecule has 0 saturated heterocycles. The Bertz CT molecular complexity index is 1150. The van der Waals surface area contributed by atoms with Gasteiger partial charge in [-0.05, 0) is 43.0 Å². The van der Waals surface area contributed by atoms with Crippen LogP contribution in [0.1, 0.15) is 44.9 Å². The van der Waals surface area contributed by atoms with Crippen LogP contribution in [0.2, 0.25) is 0 Å². The van der Waals surface area contributed by atoms with Crippen LogP contribution in [0.3, 0.4) is 0 Å². The van der Waals surface area contributed by atoms with Gasteiger partial charge in [0.05, 0.1) is 24.9 Å². The standard InChI is InChI=1S/C25H30ClN5O4/c1-34-31-22-10-7-18(26)13-17(22)15-28-24(33)6-4-11-27-23(32)5-2-3-12-35-19-8-9-21-20(14-19)25(31)30-16-29-21/h7-9,14,16H,2-6,10-13,15H2,1H3,(H,27,32)(H,28,33). The van der Waals surface area contributed by atoms with E-state index in [1.54, 1.807) is 12.2 Å². The highest BCUT2D eigenvalue weighted by molar-refractivity contribution is 6.29. The highest BCUT2D eigenvalue weighted by Gasteiger charge is 2.24. The molecule has 0 spiro atoms. The summed E-state index contributed by atoms with van der Waals surface area (Å²) in [6.45, 7) is 1.30. The number of nitrogens with one attached hydrogen (secondary N) is 2. The van der Waals surface area contributed by atoms with Crippen LogP contribution in [0, 0.1) is 0 Å². The summed E-state index contributed by atoms with van der Waals surface area (Å²) < 4.78 is 5.95. The van der Waals surface area contributed by atoms with Crippen molar-refractivity contribution >= 4 is 40.1 Å². The molecular formula is C25H30ClN5O4. The Morgan fingerprint density at radius 1 is 1.09 bits per heavy atom. The Balaban J connectivity index is 1.68. The minimum absolute atomic E-state index is 0.00889. The Labute approximate surface area is 209 Å². The monoisotopic (exact) mass is 499 g/mol. The number of rotatable bonds is 1. The van der Waals surface area contributed by atoms with Gasteiger partial charge in [0.25, 0.3) is 0 Å². The van der Waals surface area contributed by atoms with E-state index in [4.69, 9.17) is 21.2 Å². The quantitative estimate of drug-likeness (QED) is 0.615. The smallest absolute Gasteiger partial charge is 0.220 e. The van der Waals surface area contributed by atoms with Gasteiger partial charge >= 0.3 is 0 Å². The van der Waals surface area contributed by atoms with Crippen molar-refractivity contribution in [1.82, 2.24) is 20.6 Å². The Kier molecular flexibility index (Phi) is 8.54. The third-order valence-electron chi connectivity index (χ3n) is 5.98. The maximum absolute atomic E-state index is 12.4. The lowest BCUT2D eigenvalue weighted by Gasteiger charge is -2.29. The number of carbonyl (C=O) groups is 2. The normalized spacial score (nSPS) is 18.9.